The molecule has 46 heavy (non-hydrogen) atoms. The van der Waals surface area contributed by atoms with Gasteiger partial charge in [-0.15, -0.1) is 11.3 Å². The summed E-state index contributed by atoms with van der Waals surface area (Å²) in [4.78, 5) is 5.21. The van der Waals surface area contributed by atoms with Gasteiger partial charge in [-0.1, -0.05) is 103 Å². The van der Waals surface area contributed by atoms with Crippen molar-refractivity contribution >= 4 is 64.7 Å². The Morgan fingerprint density at radius 2 is 1.43 bits per heavy atom. The van der Waals surface area contributed by atoms with Crippen LogP contribution < -0.4 is 5.32 Å². The first-order valence-electron chi connectivity index (χ1n) is 15.3. The molecule has 0 bridgehead atoms. The second-order valence-electron chi connectivity index (χ2n) is 11.6. The third kappa shape index (κ3) is 4.23. The number of hydrogen-bond acceptors (Lipinski definition) is 4. The van der Waals surface area contributed by atoms with Gasteiger partial charge in [0.15, 0.2) is 0 Å². The van der Waals surface area contributed by atoms with E-state index in [9.17, 15) is 5.26 Å². The minimum absolute atomic E-state index is 0.321. The molecule has 3 heterocycles. The number of nitrogens with zero attached hydrogens (tertiary/aromatic N) is 3. The molecule has 9 rings (SSSR count). The third-order valence-electron chi connectivity index (χ3n) is 8.84. The van der Waals surface area contributed by atoms with Crippen LogP contribution in [0.1, 0.15) is 28.4 Å². The molecular weight excluding hydrogens is 581 g/mol. The van der Waals surface area contributed by atoms with Crippen LogP contribution in [-0.4, -0.2) is 10.3 Å². The van der Waals surface area contributed by atoms with E-state index in [1.807, 2.05) is 53.8 Å². The zero-order chi connectivity index (χ0) is 30.6. The highest BCUT2D eigenvalue weighted by atomic mass is 32.1. The van der Waals surface area contributed by atoms with Gasteiger partial charge in [0.25, 0.3) is 0 Å². The van der Waals surface area contributed by atoms with Crippen molar-refractivity contribution in [3.63, 3.8) is 0 Å². The SMILES string of the molecule is N#Cc1cccc(C2=NC(c3cccc(-n4c5ccccc5c5ccc6c7ccccc7sc6c54)c3)NC(c3ccccc3)=C2)c1. The molecule has 1 atom stereocenters. The predicted molar refractivity (Wildman–Crippen MR) is 192 cm³/mol. The quantitative estimate of drug-likeness (QED) is 0.217. The zero-order valence-electron chi connectivity index (χ0n) is 24.7. The van der Waals surface area contributed by atoms with Gasteiger partial charge in [0, 0.05) is 43.2 Å². The van der Waals surface area contributed by atoms with Crippen LogP contribution in [0.15, 0.2) is 151 Å². The van der Waals surface area contributed by atoms with E-state index >= 15 is 0 Å². The Labute approximate surface area is 269 Å². The van der Waals surface area contributed by atoms with Gasteiger partial charge in [0.2, 0.25) is 0 Å². The van der Waals surface area contributed by atoms with Crippen LogP contribution in [0.3, 0.4) is 0 Å². The predicted octanol–water partition coefficient (Wildman–Crippen LogP) is 10.2. The molecule has 0 saturated heterocycles. The van der Waals surface area contributed by atoms with Crippen LogP contribution in [0, 0.1) is 11.3 Å². The van der Waals surface area contributed by atoms with Gasteiger partial charge in [-0.05, 0) is 53.6 Å². The van der Waals surface area contributed by atoms with E-state index < -0.39 is 0 Å². The number of benzene rings is 6. The second kappa shape index (κ2) is 10.6. The number of thiophene rings is 1. The van der Waals surface area contributed by atoms with Gasteiger partial charge in [-0.25, -0.2) is 0 Å². The highest BCUT2D eigenvalue weighted by Gasteiger charge is 2.22. The number of nitriles is 1. The maximum atomic E-state index is 9.58. The number of rotatable bonds is 4. The van der Waals surface area contributed by atoms with Crippen LogP contribution in [0.4, 0.5) is 0 Å². The van der Waals surface area contributed by atoms with E-state index in [1.165, 1.54) is 42.0 Å². The molecular formula is C41H26N4S. The highest BCUT2D eigenvalue weighted by Crippen LogP contribution is 2.43. The summed E-state index contributed by atoms with van der Waals surface area (Å²) in [6.07, 6.45) is 1.76. The number of hydrogen-bond donors (Lipinski definition) is 1. The lowest BCUT2D eigenvalue weighted by Gasteiger charge is -2.25. The lowest BCUT2D eigenvalue weighted by Crippen LogP contribution is -2.25. The molecule has 1 aliphatic rings. The van der Waals surface area contributed by atoms with Crippen LogP contribution in [-0.2, 0) is 0 Å². The lowest BCUT2D eigenvalue weighted by molar-refractivity contribution is 0.663. The molecule has 8 aromatic rings. The summed E-state index contributed by atoms with van der Waals surface area (Å²) in [6, 6.07) is 50.9. The second-order valence-corrected chi connectivity index (χ2v) is 12.6. The minimum atomic E-state index is -0.321. The first kappa shape index (κ1) is 26.4. The Morgan fingerprint density at radius 1 is 0.674 bits per heavy atom. The van der Waals surface area contributed by atoms with Crippen LogP contribution >= 0.6 is 11.3 Å². The van der Waals surface area contributed by atoms with Gasteiger partial charge in [0.1, 0.15) is 6.17 Å². The lowest BCUT2D eigenvalue weighted by atomic mass is 10.0. The summed E-state index contributed by atoms with van der Waals surface area (Å²) in [6.45, 7) is 0. The van der Waals surface area contributed by atoms with Gasteiger partial charge < -0.3 is 9.88 Å². The van der Waals surface area contributed by atoms with E-state index in [-0.39, 0.29) is 6.17 Å². The molecule has 0 saturated carbocycles. The number of aromatic nitrogens is 1. The summed E-state index contributed by atoms with van der Waals surface area (Å²) >= 11 is 1.86. The fraction of sp³-hybridized carbons (Fsp3) is 0.0244. The van der Waals surface area contributed by atoms with E-state index in [0.29, 0.717) is 5.56 Å². The monoisotopic (exact) mass is 606 g/mol. The summed E-state index contributed by atoms with van der Waals surface area (Å²) in [5.41, 5.74) is 9.02. The molecule has 1 N–H and O–H groups in total. The van der Waals surface area contributed by atoms with Crippen molar-refractivity contribution in [1.82, 2.24) is 9.88 Å². The van der Waals surface area contributed by atoms with Gasteiger partial charge in [-0.3, -0.25) is 4.99 Å². The van der Waals surface area contributed by atoms with Crippen LogP contribution in [0.2, 0.25) is 0 Å². The van der Waals surface area contributed by atoms with Crippen molar-refractivity contribution in [2.75, 3.05) is 0 Å². The largest absolute Gasteiger partial charge is 0.360 e. The zero-order valence-corrected chi connectivity index (χ0v) is 25.5. The summed E-state index contributed by atoms with van der Waals surface area (Å²) in [7, 11) is 0. The van der Waals surface area contributed by atoms with Crippen molar-refractivity contribution in [1.29, 1.82) is 5.26 Å². The molecule has 0 spiro atoms. The average molecular weight is 607 g/mol. The molecule has 0 fully saturated rings. The normalized spacial score (nSPS) is 14.7. The Kier molecular flexibility index (Phi) is 6.09. The molecule has 1 aliphatic heterocycles. The summed E-state index contributed by atoms with van der Waals surface area (Å²) in [5.74, 6) is 0. The van der Waals surface area contributed by atoms with Crippen LogP contribution in [0.25, 0.3) is 53.4 Å². The molecule has 216 valence electrons. The van der Waals surface area contributed by atoms with E-state index in [0.717, 1.165) is 33.8 Å². The third-order valence-corrected chi connectivity index (χ3v) is 10.0. The Morgan fingerprint density at radius 3 is 2.33 bits per heavy atom. The highest BCUT2D eigenvalue weighted by molar-refractivity contribution is 7.26. The fourth-order valence-electron chi connectivity index (χ4n) is 6.72. The van der Waals surface area contributed by atoms with Crippen molar-refractivity contribution in [2.24, 2.45) is 4.99 Å². The molecule has 0 aliphatic carbocycles. The number of fused-ring (bicyclic) bond motifs is 7. The molecule has 0 amide bonds. The molecule has 6 aromatic carbocycles. The number of nitrogens with one attached hydrogen (secondary N) is 1. The van der Waals surface area contributed by atoms with Gasteiger partial charge in [0.05, 0.1) is 33.1 Å². The molecule has 5 heteroatoms. The maximum Gasteiger partial charge on any atom is 0.145 e. The van der Waals surface area contributed by atoms with E-state index in [2.05, 4.69) is 119 Å². The maximum absolute atomic E-state index is 9.58. The standard InChI is InChI=1S/C41H26N4S/c42-25-26-10-8-13-28(22-26)36-24-35(27-11-2-1-3-12-27)43-41(44-36)29-14-9-15-30(23-29)45-37-18-6-4-16-31(37)33-20-21-34-32-17-5-7-19-38(32)46-40(34)39(33)45/h1-24,41,43H. The molecule has 1 unspecified atom stereocenters. The van der Waals surface area contributed by atoms with Crippen molar-refractivity contribution in [3.05, 3.63) is 168 Å². The first-order chi connectivity index (χ1) is 22.7. The first-order valence-corrected chi connectivity index (χ1v) is 16.1. The van der Waals surface area contributed by atoms with E-state index in [4.69, 9.17) is 4.99 Å². The fourth-order valence-corrected chi connectivity index (χ4v) is 7.96. The average Bonchev–Trinajstić information content (AvgIpc) is 3.68. The van der Waals surface area contributed by atoms with Gasteiger partial charge in [-0.2, -0.15) is 5.26 Å². The Hall–Kier alpha value is -5.96. The van der Waals surface area contributed by atoms with E-state index in [1.54, 1.807) is 0 Å². The number of allylic oxidation sites excluding steroid dienone is 1. The molecule has 2 aromatic heterocycles. The van der Waals surface area contributed by atoms with Gasteiger partial charge >= 0.3 is 0 Å². The molecule has 4 nitrogen and oxygen atoms in total. The van der Waals surface area contributed by atoms with Crippen LogP contribution in [0.5, 0.6) is 0 Å². The number of para-hydroxylation sites is 1. The Balaban J connectivity index is 1.24. The number of aliphatic imine (C=N–C) groups is 1. The Bertz CT molecular complexity index is 2580. The minimum Gasteiger partial charge on any atom is -0.360 e. The smallest absolute Gasteiger partial charge is 0.145 e. The van der Waals surface area contributed by atoms with Crippen molar-refractivity contribution in [2.45, 2.75) is 6.17 Å². The van der Waals surface area contributed by atoms with Crippen molar-refractivity contribution < 1.29 is 0 Å². The van der Waals surface area contributed by atoms with Crippen molar-refractivity contribution in [3.8, 4) is 11.8 Å². The molecule has 0 radical (unpaired) electrons. The summed E-state index contributed by atoms with van der Waals surface area (Å²) in [5, 5.41) is 18.4. The topological polar surface area (TPSA) is 53.1 Å². The summed E-state index contributed by atoms with van der Waals surface area (Å²) < 4.78 is 5.01.